The maximum atomic E-state index is 12.3. The predicted molar refractivity (Wildman–Crippen MR) is 145 cm³/mol. The summed E-state index contributed by atoms with van der Waals surface area (Å²) in [4.78, 5) is 33.5. The van der Waals surface area contributed by atoms with E-state index in [1.54, 1.807) is 48.6 Å². The zero-order chi connectivity index (χ0) is 28.6. The standard InChI is InChI=1S/C29H32O10/c1-36-26-17-20(9-13-24(26)38-15-3-5-28(32)33)7-11-22(30)19-23(31)12-8-21-10-14-25(27(18-21)37-2)39-16-4-6-29(34)35/h7-14,17-19,30H,3-6,15-16H2,1-2H3,(H,32,33)(H,34,35)/b11-7+,12-8+,22-19?. The number of ketones is 1. The molecule has 0 heterocycles. The second-order valence-electron chi connectivity index (χ2n) is 8.15. The van der Waals surface area contributed by atoms with E-state index < -0.39 is 17.7 Å². The summed E-state index contributed by atoms with van der Waals surface area (Å²) >= 11 is 0. The molecule has 0 unspecified atom stereocenters. The molecule has 2 aromatic rings. The third-order valence-corrected chi connectivity index (χ3v) is 5.14. The van der Waals surface area contributed by atoms with E-state index in [4.69, 9.17) is 29.2 Å². The van der Waals surface area contributed by atoms with Gasteiger partial charge < -0.3 is 34.3 Å². The van der Waals surface area contributed by atoms with Gasteiger partial charge in [-0.05, 0) is 60.4 Å². The first-order valence-electron chi connectivity index (χ1n) is 12.1. The molecule has 208 valence electrons. The van der Waals surface area contributed by atoms with Crippen LogP contribution in [-0.4, -0.2) is 60.5 Å². The van der Waals surface area contributed by atoms with Crippen molar-refractivity contribution < 1.29 is 48.7 Å². The molecule has 0 amide bonds. The molecule has 39 heavy (non-hydrogen) atoms. The van der Waals surface area contributed by atoms with Crippen LogP contribution in [0, 0.1) is 0 Å². The first-order chi connectivity index (χ1) is 18.7. The van der Waals surface area contributed by atoms with E-state index in [1.165, 1.54) is 26.4 Å². The molecule has 0 aliphatic carbocycles. The number of methoxy groups -OCH3 is 2. The summed E-state index contributed by atoms with van der Waals surface area (Å²) in [6.45, 7) is 0.462. The molecule has 10 heteroatoms. The normalized spacial score (nSPS) is 11.5. The monoisotopic (exact) mass is 540 g/mol. The molecular formula is C29H32O10. The number of rotatable bonds is 17. The zero-order valence-electron chi connectivity index (χ0n) is 21.8. The van der Waals surface area contributed by atoms with Gasteiger partial charge in [-0.2, -0.15) is 0 Å². The van der Waals surface area contributed by atoms with Crippen LogP contribution in [0.3, 0.4) is 0 Å². The van der Waals surface area contributed by atoms with Gasteiger partial charge in [0, 0.05) is 18.9 Å². The number of carbonyl (C=O) groups is 3. The van der Waals surface area contributed by atoms with E-state index in [1.807, 2.05) is 0 Å². The SMILES string of the molecule is COc1cc(/C=C/C(=O)C=C(O)/C=C/c2ccc(OCCCC(=O)O)c(OC)c2)ccc1OCCCC(=O)O. The van der Waals surface area contributed by atoms with Gasteiger partial charge in [0.1, 0.15) is 5.76 Å². The minimum atomic E-state index is -0.890. The van der Waals surface area contributed by atoms with Crippen molar-refractivity contribution in [3.05, 3.63) is 71.5 Å². The van der Waals surface area contributed by atoms with Gasteiger partial charge in [0.05, 0.1) is 27.4 Å². The Labute approximate surface area is 226 Å². The third-order valence-electron chi connectivity index (χ3n) is 5.14. The molecule has 0 aliphatic rings. The number of aliphatic carboxylic acids is 2. The Morgan fingerprint density at radius 1 is 0.692 bits per heavy atom. The van der Waals surface area contributed by atoms with Gasteiger partial charge in [-0.15, -0.1) is 0 Å². The van der Waals surface area contributed by atoms with Crippen molar-refractivity contribution in [3.8, 4) is 23.0 Å². The minimum absolute atomic E-state index is 0.00775. The van der Waals surface area contributed by atoms with Crippen molar-refractivity contribution in [2.24, 2.45) is 0 Å². The van der Waals surface area contributed by atoms with Crippen LogP contribution in [0.15, 0.2) is 60.4 Å². The Morgan fingerprint density at radius 3 is 1.59 bits per heavy atom. The highest BCUT2D eigenvalue weighted by Crippen LogP contribution is 2.30. The van der Waals surface area contributed by atoms with Crippen LogP contribution in [0.25, 0.3) is 12.2 Å². The van der Waals surface area contributed by atoms with Gasteiger partial charge in [-0.1, -0.05) is 24.3 Å². The predicted octanol–water partition coefficient (Wildman–Crippen LogP) is 4.93. The van der Waals surface area contributed by atoms with Gasteiger partial charge in [0.25, 0.3) is 0 Å². The first-order valence-corrected chi connectivity index (χ1v) is 12.1. The summed E-state index contributed by atoms with van der Waals surface area (Å²) < 4.78 is 21.7. The van der Waals surface area contributed by atoms with E-state index in [0.717, 1.165) is 6.08 Å². The molecule has 0 saturated carbocycles. The first kappa shape index (κ1) is 30.5. The number of hydrogen-bond donors (Lipinski definition) is 3. The number of carboxylic acids is 2. The Hall–Kier alpha value is -4.73. The summed E-state index contributed by atoms with van der Waals surface area (Å²) in [5.41, 5.74) is 1.35. The van der Waals surface area contributed by atoms with Crippen molar-refractivity contribution in [1.29, 1.82) is 0 Å². The van der Waals surface area contributed by atoms with E-state index in [9.17, 15) is 19.5 Å². The largest absolute Gasteiger partial charge is 0.508 e. The van der Waals surface area contributed by atoms with Crippen molar-refractivity contribution in [2.75, 3.05) is 27.4 Å². The number of ether oxygens (including phenoxy) is 4. The number of carbonyl (C=O) groups excluding carboxylic acids is 1. The molecular weight excluding hydrogens is 508 g/mol. The Bertz CT molecular complexity index is 1230. The maximum Gasteiger partial charge on any atom is 0.303 e. The van der Waals surface area contributed by atoms with Crippen LogP contribution >= 0.6 is 0 Å². The van der Waals surface area contributed by atoms with Crippen LogP contribution in [0.5, 0.6) is 23.0 Å². The van der Waals surface area contributed by atoms with Crippen molar-refractivity contribution in [2.45, 2.75) is 25.7 Å². The Balaban J connectivity index is 1.96. The maximum absolute atomic E-state index is 12.3. The summed E-state index contributed by atoms with van der Waals surface area (Å²) in [5.74, 6) is -0.653. The van der Waals surface area contributed by atoms with Gasteiger partial charge in [0.2, 0.25) is 0 Å². The topological polar surface area (TPSA) is 149 Å². The summed E-state index contributed by atoms with van der Waals surface area (Å²) in [7, 11) is 2.96. The van der Waals surface area contributed by atoms with Crippen molar-refractivity contribution >= 4 is 29.9 Å². The van der Waals surface area contributed by atoms with Gasteiger partial charge in [0.15, 0.2) is 28.8 Å². The molecule has 2 aromatic carbocycles. The van der Waals surface area contributed by atoms with Crippen LogP contribution in [0.4, 0.5) is 0 Å². The molecule has 0 radical (unpaired) electrons. The van der Waals surface area contributed by atoms with Gasteiger partial charge >= 0.3 is 11.9 Å². The van der Waals surface area contributed by atoms with E-state index in [-0.39, 0.29) is 31.8 Å². The third kappa shape index (κ3) is 11.5. The van der Waals surface area contributed by atoms with E-state index in [0.29, 0.717) is 47.0 Å². The second-order valence-corrected chi connectivity index (χ2v) is 8.15. The molecule has 0 fully saturated rings. The smallest absolute Gasteiger partial charge is 0.303 e. The van der Waals surface area contributed by atoms with Crippen LogP contribution in [0.2, 0.25) is 0 Å². The molecule has 10 nitrogen and oxygen atoms in total. The van der Waals surface area contributed by atoms with Gasteiger partial charge in [-0.3, -0.25) is 14.4 Å². The van der Waals surface area contributed by atoms with Gasteiger partial charge in [-0.25, -0.2) is 0 Å². The quantitative estimate of drug-likeness (QED) is 0.109. The number of benzene rings is 2. The lowest BCUT2D eigenvalue weighted by atomic mass is 10.1. The molecule has 2 rings (SSSR count). The van der Waals surface area contributed by atoms with Crippen LogP contribution in [-0.2, 0) is 14.4 Å². The lowest BCUT2D eigenvalue weighted by Crippen LogP contribution is -2.03. The molecule has 3 N–H and O–H groups in total. The molecule has 0 atom stereocenters. The average molecular weight is 541 g/mol. The summed E-state index contributed by atoms with van der Waals surface area (Å²) in [6.07, 6.45) is 7.64. The van der Waals surface area contributed by atoms with E-state index in [2.05, 4.69) is 0 Å². The fourth-order valence-electron chi connectivity index (χ4n) is 3.23. The number of allylic oxidation sites excluding steroid dienone is 3. The van der Waals surface area contributed by atoms with Crippen molar-refractivity contribution in [1.82, 2.24) is 0 Å². The Morgan fingerprint density at radius 2 is 1.15 bits per heavy atom. The lowest BCUT2D eigenvalue weighted by Gasteiger charge is -2.11. The summed E-state index contributed by atoms with van der Waals surface area (Å²) in [5, 5.41) is 27.5. The molecule has 0 saturated heterocycles. The molecule has 0 bridgehead atoms. The Kier molecular flexibility index (Phi) is 12.7. The molecule has 0 aromatic heterocycles. The van der Waals surface area contributed by atoms with Crippen LogP contribution in [0.1, 0.15) is 36.8 Å². The molecule has 0 aliphatic heterocycles. The number of hydrogen-bond acceptors (Lipinski definition) is 8. The molecule has 0 spiro atoms. The van der Waals surface area contributed by atoms with E-state index >= 15 is 0 Å². The highest BCUT2D eigenvalue weighted by molar-refractivity contribution is 6.02. The average Bonchev–Trinajstić information content (AvgIpc) is 2.91. The fourth-order valence-corrected chi connectivity index (χ4v) is 3.23. The minimum Gasteiger partial charge on any atom is -0.508 e. The number of aliphatic hydroxyl groups is 1. The van der Waals surface area contributed by atoms with Crippen LogP contribution < -0.4 is 18.9 Å². The number of aliphatic hydroxyl groups excluding tert-OH is 1. The fraction of sp³-hybridized carbons (Fsp3) is 0.276. The number of carboxylic acid groups (broad SMARTS) is 2. The second kappa shape index (κ2) is 16.2. The highest BCUT2D eigenvalue weighted by atomic mass is 16.5. The highest BCUT2D eigenvalue weighted by Gasteiger charge is 2.07. The zero-order valence-corrected chi connectivity index (χ0v) is 21.8. The lowest BCUT2D eigenvalue weighted by molar-refractivity contribution is -0.138. The summed E-state index contributed by atoms with van der Waals surface area (Å²) in [6, 6.07) is 10.1. The van der Waals surface area contributed by atoms with Crippen molar-refractivity contribution in [3.63, 3.8) is 0 Å².